The smallest absolute Gasteiger partial charge is 0.334 e. The zero-order valence-corrected chi connectivity index (χ0v) is 15.8. The van der Waals surface area contributed by atoms with Gasteiger partial charge in [0.1, 0.15) is 0 Å². The lowest BCUT2D eigenvalue weighted by Gasteiger charge is -2.27. The number of carbonyl (C=O) groups excluding carboxylic acids is 1. The molecule has 0 saturated carbocycles. The molecule has 1 saturated heterocycles. The number of carbonyl (C=O) groups is 1. The molecule has 140 valence electrons. The maximum absolute atomic E-state index is 13.0. The Morgan fingerprint density at radius 3 is 2.61 bits per heavy atom. The number of ether oxygens (including phenoxy) is 1. The average molecular weight is 392 g/mol. The predicted octanol–water partition coefficient (Wildman–Crippen LogP) is 2.43. The third-order valence-corrected chi connectivity index (χ3v) is 8.03. The molecule has 2 aromatic carbocycles. The summed E-state index contributed by atoms with van der Waals surface area (Å²) in [5.74, 6) is -0.774. The van der Waals surface area contributed by atoms with Gasteiger partial charge in [0, 0.05) is 11.5 Å². The van der Waals surface area contributed by atoms with E-state index in [2.05, 4.69) is 6.07 Å². The van der Waals surface area contributed by atoms with E-state index in [-0.39, 0.29) is 12.0 Å². The maximum atomic E-state index is 13.0. The molecule has 2 aliphatic heterocycles. The second-order valence-corrected chi connectivity index (χ2v) is 9.05. The molecule has 1 aliphatic carbocycles. The highest BCUT2D eigenvalue weighted by Gasteiger charge is 2.75. The SMILES string of the molecule is COC(=O)C1=CC2N3C2(CC1c1ccc(C#N)cc1)c1ccccc1S3(=O)=O. The van der Waals surface area contributed by atoms with Crippen molar-refractivity contribution in [2.75, 3.05) is 7.11 Å². The van der Waals surface area contributed by atoms with Crippen molar-refractivity contribution >= 4 is 16.0 Å². The summed E-state index contributed by atoms with van der Waals surface area (Å²) >= 11 is 0. The summed E-state index contributed by atoms with van der Waals surface area (Å²) in [6.45, 7) is 0. The van der Waals surface area contributed by atoms with E-state index in [0.717, 1.165) is 11.1 Å². The molecular weight excluding hydrogens is 376 g/mol. The second-order valence-electron chi connectivity index (χ2n) is 7.27. The summed E-state index contributed by atoms with van der Waals surface area (Å²) in [6, 6.07) is 15.8. The van der Waals surface area contributed by atoms with Gasteiger partial charge in [0.2, 0.25) is 10.0 Å². The molecule has 2 heterocycles. The first-order valence-corrected chi connectivity index (χ1v) is 10.3. The van der Waals surface area contributed by atoms with Crippen molar-refractivity contribution in [1.29, 1.82) is 5.26 Å². The van der Waals surface area contributed by atoms with Crippen molar-refractivity contribution in [3.63, 3.8) is 0 Å². The summed E-state index contributed by atoms with van der Waals surface area (Å²) in [5.41, 5.74) is 1.99. The lowest BCUT2D eigenvalue weighted by molar-refractivity contribution is -0.136. The summed E-state index contributed by atoms with van der Waals surface area (Å²) < 4.78 is 32.5. The molecule has 1 fully saturated rings. The Kier molecular flexibility index (Phi) is 3.39. The fraction of sp³-hybridized carbons (Fsp3) is 0.238. The minimum Gasteiger partial charge on any atom is -0.466 e. The van der Waals surface area contributed by atoms with E-state index in [4.69, 9.17) is 10.00 Å². The van der Waals surface area contributed by atoms with Crippen molar-refractivity contribution in [3.8, 4) is 6.07 Å². The van der Waals surface area contributed by atoms with Crippen LogP contribution in [0.1, 0.15) is 29.0 Å². The fourth-order valence-electron chi connectivity index (χ4n) is 4.77. The van der Waals surface area contributed by atoms with Gasteiger partial charge in [0.25, 0.3) is 0 Å². The zero-order chi connectivity index (χ0) is 19.7. The third kappa shape index (κ3) is 1.99. The normalized spacial score (nSPS) is 30.9. The van der Waals surface area contributed by atoms with Crippen LogP contribution < -0.4 is 0 Å². The predicted molar refractivity (Wildman–Crippen MR) is 99.5 cm³/mol. The molecule has 0 amide bonds. The van der Waals surface area contributed by atoms with Gasteiger partial charge >= 0.3 is 5.97 Å². The number of nitrogens with zero attached hydrogens (tertiary/aromatic N) is 2. The number of hydrogen-bond acceptors (Lipinski definition) is 5. The van der Waals surface area contributed by atoms with Gasteiger partial charge in [-0.15, -0.1) is 0 Å². The number of fused-ring (bicyclic) bond motifs is 2. The van der Waals surface area contributed by atoms with Crippen molar-refractivity contribution in [3.05, 3.63) is 76.9 Å². The quantitative estimate of drug-likeness (QED) is 0.579. The van der Waals surface area contributed by atoms with Crippen molar-refractivity contribution in [1.82, 2.24) is 4.31 Å². The molecular formula is C21H16N2O4S. The molecule has 4 unspecified atom stereocenters. The van der Waals surface area contributed by atoms with Gasteiger partial charge in [0.15, 0.2) is 0 Å². The Bertz CT molecular complexity index is 1190. The number of nitriles is 1. The van der Waals surface area contributed by atoms with E-state index in [1.165, 1.54) is 11.4 Å². The van der Waals surface area contributed by atoms with E-state index >= 15 is 0 Å². The summed E-state index contributed by atoms with van der Waals surface area (Å²) in [4.78, 5) is 12.8. The molecule has 0 radical (unpaired) electrons. The number of methoxy groups -OCH3 is 1. The molecule has 7 heteroatoms. The number of esters is 1. The van der Waals surface area contributed by atoms with Crippen LogP contribution in [0.3, 0.4) is 0 Å². The minimum absolute atomic E-state index is 0.317. The third-order valence-electron chi connectivity index (χ3n) is 6.05. The number of sulfonamides is 1. The Morgan fingerprint density at radius 2 is 1.93 bits per heavy atom. The number of rotatable bonds is 2. The van der Waals surface area contributed by atoms with Crippen LogP contribution in [-0.4, -0.2) is 31.8 Å². The topological polar surface area (TPSA) is 87.2 Å². The van der Waals surface area contributed by atoms with Gasteiger partial charge in [-0.2, -0.15) is 9.57 Å². The Hall–Kier alpha value is -2.95. The molecule has 5 rings (SSSR count). The van der Waals surface area contributed by atoms with Gasteiger partial charge < -0.3 is 4.74 Å². The van der Waals surface area contributed by atoms with Gasteiger partial charge in [-0.3, -0.25) is 0 Å². The van der Waals surface area contributed by atoms with Gasteiger partial charge in [-0.25, -0.2) is 13.2 Å². The summed E-state index contributed by atoms with van der Waals surface area (Å²) in [6.07, 6.45) is 2.20. The second kappa shape index (κ2) is 5.53. The van der Waals surface area contributed by atoms with Crippen molar-refractivity contribution in [2.24, 2.45) is 0 Å². The molecule has 0 N–H and O–H groups in total. The van der Waals surface area contributed by atoms with E-state index in [0.29, 0.717) is 22.5 Å². The Balaban J connectivity index is 1.67. The van der Waals surface area contributed by atoms with Crippen LogP contribution in [0.2, 0.25) is 0 Å². The molecule has 3 aliphatic rings. The van der Waals surface area contributed by atoms with Crippen LogP contribution in [0.4, 0.5) is 0 Å². The maximum Gasteiger partial charge on any atom is 0.334 e. The fourth-order valence-corrected chi connectivity index (χ4v) is 6.96. The standard InChI is InChI=1S/C21H16N2O4S/c1-27-20(24)15-10-19-21(11-16(15)14-8-6-13(12-22)7-9-14)17-4-2-3-5-18(17)28(25,26)23(19)21/h2-10,16,19H,11H2,1H3. The van der Waals surface area contributed by atoms with Gasteiger partial charge in [0.05, 0.1) is 35.2 Å². The van der Waals surface area contributed by atoms with Crippen LogP contribution >= 0.6 is 0 Å². The van der Waals surface area contributed by atoms with Crippen LogP contribution in [-0.2, 0) is 25.1 Å². The first kappa shape index (κ1) is 17.2. The molecule has 6 nitrogen and oxygen atoms in total. The monoisotopic (exact) mass is 392 g/mol. The highest BCUT2D eigenvalue weighted by atomic mass is 32.2. The molecule has 0 bridgehead atoms. The first-order valence-electron chi connectivity index (χ1n) is 8.89. The first-order chi connectivity index (χ1) is 13.4. The molecule has 4 atom stereocenters. The van der Waals surface area contributed by atoms with Crippen LogP contribution in [0.15, 0.2) is 65.1 Å². The van der Waals surface area contributed by atoms with Crippen LogP contribution in [0.5, 0.6) is 0 Å². The van der Waals surface area contributed by atoms with Crippen molar-refractivity contribution in [2.45, 2.75) is 28.8 Å². The highest BCUT2D eigenvalue weighted by Crippen LogP contribution is 2.67. The van der Waals surface area contributed by atoms with E-state index in [9.17, 15) is 13.2 Å². The van der Waals surface area contributed by atoms with E-state index in [1.807, 2.05) is 24.3 Å². The summed E-state index contributed by atoms with van der Waals surface area (Å²) in [7, 11) is -2.26. The minimum atomic E-state index is -3.58. The number of hydrogen-bond donors (Lipinski definition) is 0. The molecule has 28 heavy (non-hydrogen) atoms. The Labute approximate surface area is 162 Å². The highest BCUT2D eigenvalue weighted by molar-refractivity contribution is 7.89. The Morgan fingerprint density at radius 1 is 1.21 bits per heavy atom. The lowest BCUT2D eigenvalue weighted by atomic mass is 9.74. The molecule has 1 spiro atoms. The van der Waals surface area contributed by atoms with E-state index in [1.54, 1.807) is 30.3 Å². The molecule has 0 aromatic heterocycles. The van der Waals surface area contributed by atoms with Gasteiger partial charge in [-0.1, -0.05) is 36.4 Å². The lowest BCUT2D eigenvalue weighted by Crippen LogP contribution is -2.26. The van der Waals surface area contributed by atoms with E-state index < -0.39 is 21.5 Å². The summed E-state index contributed by atoms with van der Waals surface area (Å²) in [5, 5.41) is 9.05. The zero-order valence-electron chi connectivity index (χ0n) is 15.0. The molecule has 2 aromatic rings. The average Bonchev–Trinajstić information content (AvgIpc) is 3.37. The van der Waals surface area contributed by atoms with Crippen molar-refractivity contribution < 1.29 is 17.9 Å². The van der Waals surface area contributed by atoms with Crippen LogP contribution in [0.25, 0.3) is 0 Å². The van der Waals surface area contributed by atoms with Crippen LogP contribution in [0, 0.1) is 11.3 Å². The van der Waals surface area contributed by atoms with Gasteiger partial charge in [-0.05, 0) is 35.7 Å². The number of benzene rings is 2. The largest absolute Gasteiger partial charge is 0.466 e.